The number of nitrogens with zero attached hydrogens (tertiary/aromatic N) is 3. The molecule has 0 aromatic heterocycles. The predicted octanol–water partition coefficient (Wildman–Crippen LogP) is 1.08. The SMILES string of the molecule is CCN1CCN(C(=O)c2ccc([N+](=O)[O-])cc2O)CC1. The number of hydrogen-bond acceptors (Lipinski definition) is 5. The van der Waals surface area contributed by atoms with Crippen molar-refractivity contribution < 1.29 is 14.8 Å². The Bertz CT molecular complexity index is 524. The molecule has 0 saturated carbocycles. The van der Waals surface area contributed by atoms with Crippen LogP contribution in [0.3, 0.4) is 0 Å². The number of amides is 1. The Morgan fingerprint density at radius 3 is 2.50 bits per heavy atom. The van der Waals surface area contributed by atoms with Crippen LogP contribution in [0.2, 0.25) is 0 Å². The van der Waals surface area contributed by atoms with Gasteiger partial charge in [0.25, 0.3) is 11.6 Å². The van der Waals surface area contributed by atoms with E-state index in [-0.39, 0.29) is 22.9 Å². The fourth-order valence-corrected chi connectivity index (χ4v) is 2.25. The molecule has 1 aromatic rings. The van der Waals surface area contributed by atoms with E-state index in [2.05, 4.69) is 11.8 Å². The Labute approximate surface area is 116 Å². The van der Waals surface area contributed by atoms with Crippen LogP contribution in [0.4, 0.5) is 5.69 Å². The first kappa shape index (κ1) is 14.3. The molecule has 7 nitrogen and oxygen atoms in total. The molecule has 1 saturated heterocycles. The lowest BCUT2D eigenvalue weighted by molar-refractivity contribution is -0.384. The summed E-state index contributed by atoms with van der Waals surface area (Å²) in [6.07, 6.45) is 0. The van der Waals surface area contributed by atoms with Crippen LogP contribution in [0.25, 0.3) is 0 Å². The van der Waals surface area contributed by atoms with Gasteiger partial charge in [0.05, 0.1) is 16.6 Å². The molecular weight excluding hydrogens is 262 g/mol. The van der Waals surface area contributed by atoms with Gasteiger partial charge in [0.1, 0.15) is 5.75 Å². The summed E-state index contributed by atoms with van der Waals surface area (Å²) in [6, 6.07) is 3.55. The van der Waals surface area contributed by atoms with Gasteiger partial charge in [0, 0.05) is 32.2 Å². The fourth-order valence-electron chi connectivity index (χ4n) is 2.25. The number of rotatable bonds is 3. The number of carbonyl (C=O) groups is 1. The van der Waals surface area contributed by atoms with E-state index in [1.54, 1.807) is 4.90 Å². The third kappa shape index (κ3) is 2.88. The molecule has 0 radical (unpaired) electrons. The number of benzene rings is 1. The standard InChI is InChI=1S/C13H17N3O4/c1-2-14-5-7-15(8-6-14)13(18)11-4-3-10(16(19)20)9-12(11)17/h3-4,9,17H,2,5-8H2,1H3. The van der Waals surface area contributed by atoms with Gasteiger partial charge < -0.3 is 14.9 Å². The second kappa shape index (κ2) is 5.87. The molecule has 1 fully saturated rings. The number of likely N-dealkylation sites (N-methyl/N-ethyl adjacent to an activating group) is 1. The third-order valence-electron chi connectivity index (χ3n) is 3.53. The molecule has 0 bridgehead atoms. The zero-order valence-electron chi connectivity index (χ0n) is 11.3. The van der Waals surface area contributed by atoms with E-state index in [1.807, 2.05) is 0 Å². The van der Waals surface area contributed by atoms with Crippen LogP contribution in [-0.2, 0) is 0 Å². The van der Waals surface area contributed by atoms with Crippen molar-refractivity contribution in [2.45, 2.75) is 6.92 Å². The van der Waals surface area contributed by atoms with E-state index in [0.717, 1.165) is 25.7 Å². The number of hydrogen-bond donors (Lipinski definition) is 1. The number of nitro benzene ring substituents is 1. The lowest BCUT2D eigenvalue weighted by Crippen LogP contribution is -2.48. The Morgan fingerprint density at radius 2 is 2.00 bits per heavy atom. The second-order valence-corrected chi connectivity index (χ2v) is 4.69. The van der Waals surface area contributed by atoms with Gasteiger partial charge in [0.15, 0.2) is 0 Å². The zero-order valence-corrected chi connectivity index (χ0v) is 11.3. The molecule has 0 spiro atoms. The molecule has 0 atom stereocenters. The Hall–Kier alpha value is -2.15. The van der Waals surface area contributed by atoms with Crippen LogP contribution in [-0.4, -0.2) is 58.5 Å². The minimum absolute atomic E-state index is 0.112. The van der Waals surface area contributed by atoms with Gasteiger partial charge in [-0.15, -0.1) is 0 Å². The van der Waals surface area contributed by atoms with Gasteiger partial charge in [-0.3, -0.25) is 14.9 Å². The van der Waals surface area contributed by atoms with Gasteiger partial charge >= 0.3 is 0 Å². The number of phenols is 1. The first-order chi connectivity index (χ1) is 9.52. The maximum absolute atomic E-state index is 12.3. The minimum atomic E-state index is -0.603. The number of piperazine rings is 1. The van der Waals surface area contributed by atoms with E-state index in [0.29, 0.717) is 13.1 Å². The highest BCUT2D eigenvalue weighted by atomic mass is 16.6. The van der Waals surface area contributed by atoms with E-state index in [1.165, 1.54) is 12.1 Å². The molecule has 0 aliphatic carbocycles. The average Bonchev–Trinajstić information content (AvgIpc) is 2.46. The minimum Gasteiger partial charge on any atom is -0.507 e. The molecule has 7 heteroatoms. The van der Waals surface area contributed by atoms with E-state index >= 15 is 0 Å². The van der Waals surface area contributed by atoms with Gasteiger partial charge in [-0.25, -0.2) is 0 Å². The van der Waals surface area contributed by atoms with Crippen molar-refractivity contribution in [3.63, 3.8) is 0 Å². The summed E-state index contributed by atoms with van der Waals surface area (Å²) < 4.78 is 0. The highest BCUT2D eigenvalue weighted by Crippen LogP contribution is 2.25. The smallest absolute Gasteiger partial charge is 0.273 e. The molecule has 2 rings (SSSR count). The second-order valence-electron chi connectivity index (χ2n) is 4.69. The van der Waals surface area contributed by atoms with Crippen LogP contribution < -0.4 is 0 Å². The van der Waals surface area contributed by atoms with E-state index < -0.39 is 4.92 Å². The van der Waals surface area contributed by atoms with Gasteiger partial charge in [-0.05, 0) is 12.6 Å². The molecule has 1 aliphatic heterocycles. The molecule has 20 heavy (non-hydrogen) atoms. The van der Waals surface area contributed by atoms with Crippen LogP contribution in [0, 0.1) is 10.1 Å². The van der Waals surface area contributed by atoms with Crippen LogP contribution >= 0.6 is 0 Å². The molecule has 108 valence electrons. The van der Waals surface area contributed by atoms with Gasteiger partial charge in [0.2, 0.25) is 0 Å². The van der Waals surface area contributed by atoms with Gasteiger partial charge in [-0.1, -0.05) is 6.92 Å². The number of nitro groups is 1. The van der Waals surface area contributed by atoms with Crippen molar-refractivity contribution in [1.82, 2.24) is 9.80 Å². The fraction of sp³-hybridized carbons (Fsp3) is 0.462. The summed E-state index contributed by atoms with van der Waals surface area (Å²) in [4.78, 5) is 26.2. The first-order valence-corrected chi connectivity index (χ1v) is 6.52. The Balaban J connectivity index is 2.12. The van der Waals surface area contributed by atoms with Crippen LogP contribution in [0.5, 0.6) is 5.75 Å². The number of phenolic OH excluding ortho intramolecular Hbond substituents is 1. The third-order valence-corrected chi connectivity index (χ3v) is 3.53. The number of carbonyl (C=O) groups excluding carboxylic acids is 1. The quantitative estimate of drug-likeness (QED) is 0.660. The van der Waals surface area contributed by atoms with Crippen molar-refractivity contribution in [3.8, 4) is 5.75 Å². The van der Waals surface area contributed by atoms with Crippen LogP contribution in [0.15, 0.2) is 18.2 Å². The van der Waals surface area contributed by atoms with Gasteiger partial charge in [-0.2, -0.15) is 0 Å². The molecule has 1 amide bonds. The Morgan fingerprint density at radius 1 is 1.35 bits per heavy atom. The molecule has 1 aliphatic rings. The molecule has 1 aromatic carbocycles. The summed E-state index contributed by atoms with van der Waals surface area (Å²) >= 11 is 0. The maximum Gasteiger partial charge on any atom is 0.273 e. The summed E-state index contributed by atoms with van der Waals surface area (Å²) in [5, 5.41) is 20.4. The highest BCUT2D eigenvalue weighted by molar-refractivity contribution is 5.97. The van der Waals surface area contributed by atoms with Crippen molar-refractivity contribution in [2.24, 2.45) is 0 Å². The number of aromatic hydroxyl groups is 1. The lowest BCUT2D eigenvalue weighted by atomic mass is 10.1. The highest BCUT2D eigenvalue weighted by Gasteiger charge is 2.24. The normalized spacial score (nSPS) is 16.1. The van der Waals surface area contributed by atoms with Crippen molar-refractivity contribution in [1.29, 1.82) is 0 Å². The Kier molecular flexibility index (Phi) is 4.19. The van der Waals surface area contributed by atoms with E-state index in [4.69, 9.17) is 0 Å². The lowest BCUT2D eigenvalue weighted by Gasteiger charge is -2.34. The molecule has 1 heterocycles. The molecule has 0 unspecified atom stereocenters. The zero-order chi connectivity index (χ0) is 14.7. The molecule has 1 N–H and O–H groups in total. The monoisotopic (exact) mass is 279 g/mol. The van der Waals surface area contributed by atoms with Crippen molar-refractivity contribution in [3.05, 3.63) is 33.9 Å². The summed E-state index contributed by atoms with van der Waals surface area (Å²) in [6.45, 7) is 5.82. The average molecular weight is 279 g/mol. The summed E-state index contributed by atoms with van der Waals surface area (Å²) in [7, 11) is 0. The topological polar surface area (TPSA) is 86.9 Å². The predicted molar refractivity (Wildman–Crippen MR) is 72.8 cm³/mol. The van der Waals surface area contributed by atoms with E-state index in [9.17, 15) is 20.0 Å². The number of non-ortho nitro benzene ring substituents is 1. The molecular formula is C13H17N3O4. The maximum atomic E-state index is 12.3. The summed E-state index contributed by atoms with van der Waals surface area (Å²) in [5.41, 5.74) is -0.115. The van der Waals surface area contributed by atoms with Crippen molar-refractivity contribution in [2.75, 3.05) is 32.7 Å². The first-order valence-electron chi connectivity index (χ1n) is 6.52. The largest absolute Gasteiger partial charge is 0.507 e. The van der Waals surface area contributed by atoms with Crippen molar-refractivity contribution >= 4 is 11.6 Å². The summed E-state index contributed by atoms with van der Waals surface area (Å²) in [5.74, 6) is -0.629. The van der Waals surface area contributed by atoms with Crippen LogP contribution in [0.1, 0.15) is 17.3 Å².